The van der Waals surface area contributed by atoms with Crippen molar-refractivity contribution in [1.29, 1.82) is 5.26 Å². The van der Waals surface area contributed by atoms with Crippen LogP contribution in [-0.2, 0) is 6.18 Å². The highest BCUT2D eigenvalue weighted by Crippen LogP contribution is 2.35. The Kier molecular flexibility index (Phi) is 4.55. The summed E-state index contributed by atoms with van der Waals surface area (Å²) in [6.07, 6.45) is -3.54. The summed E-state index contributed by atoms with van der Waals surface area (Å²) in [5.74, 6) is 0.0523. The summed E-state index contributed by atoms with van der Waals surface area (Å²) in [4.78, 5) is 15.7. The number of amides is 1. The first-order valence-corrected chi connectivity index (χ1v) is 7.83. The Labute approximate surface area is 147 Å². The first kappa shape index (κ1) is 17.7. The highest BCUT2D eigenvalue weighted by atomic mass is 19.4. The van der Waals surface area contributed by atoms with Crippen LogP contribution in [-0.4, -0.2) is 17.0 Å². The number of rotatable bonds is 2. The van der Waals surface area contributed by atoms with Crippen molar-refractivity contribution in [1.82, 2.24) is 10.3 Å². The fourth-order valence-corrected chi connectivity index (χ4v) is 2.88. The van der Waals surface area contributed by atoms with Gasteiger partial charge in [0.1, 0.15) is 11.8 Å². The standard InChI is InChI=1S/C18H14F3N3O2/c1-10-6-14(13-4-2-3-5-15(13)26-10)24-17(25)12-7-11(8-22)16(23-9-12)18(19,20)21/h2-5,7,9-10,14H,6H2,1H3,(H,24,25)/t10-,14-/m1/s1. The molecule has 0 spiro atoms. The van der Waals surface area contributed by atoms with Crippen LogP contribution in [0.1, 0.15) is 46.6 Å². The van der Waals surface area contributed by atoms with Crippen LogP contribution >= 0.6 is 0 Å². The summed E-state index contributed by atoms with van der Waals surface area (Å²) in [7, 11) is 0. The third-order valence-electron chi connectivity index (χ3n) is 4.03. The molecule has 0 radical (unpaired) electrons. The van der Waals surface area contributed by atoms with E-state index in [1.54, 1.807) is 6.07 Å². The molecule has 1 amide bonds. The Morgan fingerprint density at radius 3 is 2.81 bits per heavy atom. The number of carbonyl (C=O) groups excluding carboxylic acids is 1. The first-order valence-electron chi connectivity index (χ1n) is 7.83. The van der Waals surface area contributed by atoms with E-state index in [0.29, 0.717) is 12.2 Å². The minimum absolute atomic E-state index is 0.105. The zero-order chi connectivity index (χ0) is 18.9. The monoisotopic (exact) mass is 361 g/mol. The molecule has 0 bridgehead atoms. The molecule has 2 atom stereocenters. The second-order valence-corrected chi connectivity index (χ2v) is 5.96. The smallest absolute Gasteiger partial charge is 0.434 e. The molecule has 26 heavy (non-hydrogen) atoms. The van der Waals surface area contributed by atoms with Gasteiger partial charge in [0, 0.05) is 18.2 Å². The molecule has 134 valence electrons. The zero-order valence-electron chi connectivity index (χ0n) is 13.7. The highest BCUT2D eigenvalue weighted by molar-refractivity contribution is 5.94. The molecule has 8 heteroatoms. The molecular formula is C18H14F3N3O2. The molecule has 1 aromatic carbocycles. The molecule has 0 fully saturated rings. The maximum Gasteiger partial charge on any atom is 0.434 e. The number of nitriles is 1. The van der Waals surface area contributed by atoms with Gasteiger partial charge in [-0.1, -0.05) is 18.2 Å². The summed E-state index contributed by atoms with van der Waals surface area (Å²) in [5.41, 5.74) is -1.31. The van der Waals surface area contributed by atoms with Crippen molar-refractivity contribution in [2.45, 2.75) is 31.7 Å². The van der Waals surface area contributed by atoms with E-state index in [9.17, 15) is 18.0 Å². The van der Waals surface area contributed by atoms with E-state index in [-0.39, 0.29) is 17.7 Å². The van der Waals surface area contributed by atoms with Crippen LogP contribution in [0.5, 0.6) is 5.75 Å². The predicted molar refractivity (Wildman–Crippen MR) is 85.3 cm³/mol. The molecule has 0 aliphatic carbocycles. The topological polar surface area (TPSA) is 75.0 Å². The van der Waals surface area contributed by atoms with Gasteiger partial charge in [-0.05, 0) is 19.1 Å². The Bertz CT molecular complexity index is 890. The quantitative estimate of drug-likeness (QED) is 0.887. The van der Waals surface area contributed by atoms with Crippen molar-refractivity contribution in [3.05, 3.63) is 58.9 Å². The second-order valence-electron chi connectivity index (χ2n) is 5.96. The van der Waals surface area contributed by atoms with Crippen molar-refractivity contribution in [2.75, 3.05) is 0 Å². The molecule has 0 unspecified atom stereocenters. The third kappa shape index (κ3) is 3.47. The summed E-state index contributed by atoms with van der Waals surface area (Å²) in [5, 5.41) is 11.7. The lowest BCUT2D eigenvalue weighted by Crippen LogP contribution is -2.35. The van der Waals surface area contributed by atoms with Gasteiger partial charge in [-0.2, -0.15) is 18.4 Å². The summed E-state index contributed by atoms with van der Waals surface area (Å²) in [6, 6.07) is 9.22. The number of nitrogens with zero attached hydrogens (tertiary/aromatic N) is 2. The van der Waals surface area contributed by atoms with Crippen LogP contribution in [0.2, 0.25) is 0 Å². The largest absolute Gasteiger partial charge is 0.490 e. The van der Waals surface area contributed by atoms with Crippen LogP contribution < -0.4 is 10.1 Å². The van der Waals surface area contributed by atoms with Crippen molar-refractivity contribution in [3.63, 3.8) is 0 Å². The molecule has 2 aromatic rings. The van der Waals surface area contributed by atoms with E-state index in [4.69, 9.17) is 10.00 Å². The molecule has 1 aromatic heterocycles. The van der Waals surface area contributed by atoms with Crippen molar-refractivity contribution < 1.29 is 22.7 Å². The number of alkyl halides is 3. The van der Waals surface area contributed by atoms with Gasteiger partial charge in [-0.25, -0.2) is 4.98 Å². The zero-order valence-corrected chi connectivity index (χ0v) is 13.7. The maximum absolute atomic E-state index is 12.8. The Morgan fingerprint density at radius 1 is 1.38 bits per heavy atom. The van der Waals surface area contributed by atoms with Gasteiger partial charge >= 0.3 is 6.18 Å². The number of halogens is 3. The molecule has 0 saturated carbocycles. The van der Waals surface area contributed by atoms with Gasteiger partial charge in [0.15, 0.2) is 5.69 Å². The average molecular weight is 361 g/mol. The maximum atomic E-state index is 12.8. The first-order chi connectivity index (χ1) is 12.3. The Balaban J connectivity index is 1.86. The van der Waals surface area contributed by atoms with Crippen LogP contribution in [0, 0.1) is 11.3 Å². The molecule has 5 nitrogen and oxygen atoms in total. The molecule has 1 aliphatic heterocycles. The average Bonchev–Trinajstić information content (AvgIpc) is 2.60. The highest BCUT2D eigenvalue weighted by Gasteiger charge is 2.36. The minimum atomic E-state index is -4.75. The SMILES string of the molecule is C[C@@H]1C[C@@H](NC(=O)c2cnc(C(F)(F)F)c(C#N)c2)c2ccccc2O1. The summed E-state index contributed by atoms with van der Waals surface area (Å²) >= 11 is 0. The lowest BCUT2D eigenvalue weighted by Gasteiger charge is -2.31. The van der Waals surface area contributed by atoms with Gasteiger partial charge < -0.3 is 10.1 Å². The van der Waals surface area contributed by atoms with E-state index < -0.39 is 23.3 Å². The van der Waals surface area contributed by atoms with Crippen LogP contribution in [0.4, 0.5) is 13.2 Å². The number of nitrogens with one attached hydrogen (secondary N) is 1. The molecule has 2 heterocycles. The van der Waals surface area contributed by atoms with E-state index in [1.807, 2.05) is 25.1 Å². The fraction of sp³-hybridized carbons (Fsp3) is 0.278. The minimum Gasteiger partial charge on any atom is -0.490 e. The number of benzene rings is 1. The second kappa shape index (κ2) is 6.67. The Morgan fingerprint density at radius 2 is 2.12 bits per heavy atom. The number of hydrogen-bond acceptors (Lipinski definition) is 4. The van der Waals surface area contributed by atoms with Crippen LogP contribution in [0.15, 0.2) is 36.5 Å². The lowest BCUT2D eigenvalue weighted by atomic mass is 9.96. The van der Waals surface area contributed by atoms with Crippen molar-refractivity contribution in [2.24, 2.45) is 0 Å². The molecule has 1 N–H and O–H groups in total. The number of pyridine rings is 1. The van der Waals surface area contributed by atoms with E-state index in [0.717, 1.165) is 17.8 Å². The van der Waals surface area contributed by atoms with Crippen molar-refractivity contribution >= 4 is 5.91 Å². The van der Waals surface area contributed by atoms with E-state index >= 15 is 0 Å². The number of ether oxygens (including phenoxy) is 1. The van der Waals surface area contributed by atoms with Gasteiger partial charge in [-0.3, -0.25) is 4.79 Å². The van der Waals surface area contributed by atoms with Gasteiger partial charge in [0.25, 0.3) is 5.91 Å². The normalized spacial score (nSPS) is 19.0. The Hall–Kier alpha value is -3.08. The van der Waals surface area contributed by atoms with Gasteiger partial charge in [0.05, 0.1) is 23.3 Å². The van der Waals surface area contributed by atoms with Crippen molar-refractivity contribution in [3.8, 4) is 11.8 Å². The number of hydrogen-bond donors (Lipinski definition) is 1. The lowest BCUT2D eigenvalue weighted by molar-refractivity contribution is -0.141. The number of aromatic nitrogens is 1. The molecular weight excluding hydrogens is 347 g/mol. The summed E-state index contributed by atoms with van der Waals surface area (Å²) in [6.45, 7) is 1.86. The number of fused-ring (bicyclic) bond motifs is 1. The predicted octanol–water partition coefficient (Wildman–Crippen LogP) is 3.61. The van der Waals surface area contributed by atoms with E-state index in [2.05, 4.69) is 10.3 Å². The van der Waals surface area contributed by atoms with Crippen LogP contribution in [0.3, 0.4) is 0 Å². The summed E-state index contributed by atoms with van der Waals surface area (Å²) < 4.78 is 44.2. The third-order valence-corrected chi connectivity index (χ3v) is 4.03. The number of para-hydroxylation sites is 1. The van der Waals surface area contributed by atoms with Crippen LogP contribution in [0.25, 0.3) is 0 Å². The van der Waals surface area contributed by atoms with Gasteiger partial charge in [-0.15, -0.1) is 0 Å². The van der Waals surface area contributed by atoms with Gasteiger partial charge in [0.2, 0.25) is 0 Å². The number of carbonyl (C=O) groups is 1. The molecule has 0 saturated heterocycles. The fourth-order valence-electron chi connectivity index (χ4n) is 2.88. The molecule has 3 rings (SSSR count). The molecule has 1 aliphatic rings. The van der Waals surface area contributed by atoms with E-state index in [1.165, 1.54) is 6.07 Å².